The number of rotatable bonds is 5. The molecule has 0 amide bonds. The van der Waals surface area contributed by atoms with Crippen molar-refractivity contribution in [3.8, 4) is 0 Å². The van der Waals surface area contributed by atoms with Gasteiger partial charge in [0.15, 0.2) is 0 Å². The highest BCUT2D eigenvalue weighted by molar-refractivity contribution is 5.84. The Morgan fingerprint density at radius 1 is 1.38 bits per heavy atom. The smallest absolute Gasteiger partial charge is 0.306 e. The highest BCUT2D eigenvalue weighted by Gasteiger charge is 2.32. The molecule has 1 aliphatic carbocycles. The molecule has 4 nitrogen and oxygen atoms in total. The zero-order valence-corrected chi connectivity index (χ0v) is 12.4. The second-order valence-corrected chi connectivity index (χ2v) is 6.04. The van der Waals surface area contributed by atoms with E-state index in [1.54, 1.807) is 0 Å². The first kappa shape index (κ1) is 14.1. The Hall–Kier alpha value is -1.81. The molecule has 0 saturated heterocycles. The second-order valence-electron chi connectivity index (χ2n) is 6.04. The normalized spacial score (nSPS) is 22.0. The van der Waals surface area contributed by atoms with E-state index >= 15 is 0 Å². The Morgan fingerprint density at radius 2 is 2.19 bits per heavy atom. The number of aliphatic carboxylic acids is 1. The van der Waals surface area contributed by atoms with Gasteiger partial charge in [0.2, 0.25) is 0 Å². The lowest BCUT2D eigenvalue weighted by Crippen LogP contribution is -2.28. The van der Waals surface area contributed by atoms with Crippen LogP contribution in [0.15, 0.2) is 24.3 Å². The third kappa shape index (κ3) is 2.81. The van der Waals surface area contributed by atoms with Crippen molar-refractivity contribution in [3.05, 3.63) is 35.5 Å². The molecule has 2 unspecified atom stereocenters. The predicted molar refractivity (Wildman–Crippen MR) is 83.2 cm³/mol. The first-order chi connectivity index (χ1) is 10.2. The summed E-state index contributed by atoms with van der Waals surface area (Å²) in [5.41, 5.74) is 3.64. The fourth-order valence-corrected chi connectivity index (χ4v) is 3.55. The van der Waals surface area contributed by atoms with Crippen molar-refractivity contribution in [2.75, 3.05) is 6.54 Å². The van der Waals surface area contributed by atoms with Crippen LogP contribution in [0.3, 0.4) is 0 Å². The van der Waals surface area contributed by atoms with Gasteiger partial charge in [-0.05, 0) is 43.9 Å². The number of aromatic nitrogens is 1. The number of hydrogen-bond acceptors (Lipinski definition) is 2. The maximum atomic E-state index is 11.2. The van der Waals surface area contributed by atoms with E-state index in [2.05, 4.69) is 35.4 Å². The molecule has 0 bridgehead atoms. The number of fused-ring (bicyclic) bond motifs is 1. The van der Waals surface area contributed by atoms with E-state index in [0.29, 0.717) is 0 Å². The molecular formula is C17H22N2O2. The van der Waals surface area contributed by atoms with Crippen molar-refractivity contribution in [1.82, 2.24) is 10.3 Å². The molecule has 1 heterocycles. The van der Waals surface area contributed by atoms with Crippen LogP contribution in [0, 0.1) is 18.8 Å². The highest BCUT2D eigenvalue weighted by Crippen LogP contribution is 2.31. The van der Waals surface area contributed by atoms with Gasteiger partial charge in [-0.15, -0.1) is 0 Å². The lowest BCUT2D eigenvalue weighted by molar-refractivity contribution is -0.142. The molecular weight excluding hydrogens is 264 g/mol. The maximum absolute atomic E-state index is 11.2. The van der Waals surface area contributed by atoms with Crippen molar-refractivity contribution in [3.63, 3.8) is 0 Å². The van der Waals surface area contributed by atoms with Gasteiger partial charge in [0.1, 0.15) is 0 Å². The summed E-state index contributed by atoms with van der Waals surface area (Å²) < 4.78 is 0. The largest absolute Gasteiger partial charge is 0.481 e. The molecule has 1 aromatic heterocycles. The average Bonchev–Trinajstić information content (AvgIpc) is 3.04. The molecule has 1 aliphatic rings. The first-order valence-electron chi connectivity index (χ1n) is 7.66. The van der Waals surface area contributed by atoms with Crippen molar-refractivity contribution in [1.29, 1.82) is 0 Å². The van der Waals surface area contributed by atoms with E-state index < -0.39 is 5.97 Å². The zero-order valence-electron chi connectivity index (χ0n) is 12.4. The molecule has 2 aromatic rings. The van der Waals surface area contributed by atoms with Crippen LogP contribution in [0.25, 0.3) is 10.9 Å². The number of carboxylic acid groups (broad SMARTS) is 1. The summed E-state index contributed by atoms with van der Waals surface area (Å²) in [6.45, 7) is 3.67. The quantitative estimate of drug-likeness (QED) is 0.791. The molecule has 2 atom stereocenters. The summed E-state index contributed by atoms with van der Waals surface area (Å²) in [5, 5.41) is 13.9. The van der Waals surface area contributed by atoms with Crippen LogP contribution in [0.2, 0.25) is 0 Å². The molecule has 1 fully saturated rings. The number of H-pyrrole nitrogens is 1. The molecule has 112 valence electrons. The minimum Gasteiger partial charge on any atom is -0.481 e. The van der Waals surface area contributed by atoms with E-state index in [-0.39, 0.29) is 11.8 Å². The van der Waals surface area contributed by atoms with Crippen LogP contribution in [0.4, 0.5) is 0 Å². The Labute approximate surface area is 124 Å². The molecule has 0 radical (unpaired) electrons. The Kier molecular flexibility index (Phi) is 3.97. The van der Waals surface area contributed by atoms with Gasteiger partial charge in [0.05, 0.1) is 5.92 Å². The third-order valence-corrected chi connectivity index (χ3v) is 4.71. The number of nitrogens with one attached hydrogen (secondary N) is 2. The first-order valence-corrected chi connectivity index (χ1v) is 7.66. The number of aryl methyl sites for hydroxylation is 1. The lowest BCUT2D eigenvalue weighted by atomic mass is 9.96. The van der Waals surface area contributed by atoms with Gasteiger partial charge in [0, 0.05) is 23.1 Å². The third-order valence-electron chi connectivity index (χ3n) is 4.71. The molecule has 3 rings (SSSR count). The van der Waals surface area contributed by atoms with Crippen LogP contribution in [-0.2, 0) is 11.3 Å². The van der Waals surface area contributed by atoms with E-state index in [1.807, 2.05) is 6.07 Å². The number of aromatic amines is 1. The molecule has 1 saturated carbocycles. The van der Waals surface area contributed by atoms with Crippen LogP contribution >= 0.6 is 0 Å². The molecule has 3 N–H and O–H groups in total. The zero-order chi connectivity index (χ0) is 14.8. The lowest BCUT2D eigenvalue weighted by Gasteiger charge is -2.16. The topological polar surface area (TPSA) is 65.1 Å². The van der Waals surface area contributed by atoms with Crippen LogP contribution < -0.4 is 5.32 Å². The summed E-state index contributed by atoms with van der Waals surface area (Å²) in [7, 11) is 0. The van der Waals surface area contributed by atoms with Crippen LogP contribution in [0.5, 0.6) is 0 Å². The Morgan fingerprint density at radius 3 is 3.00 bits per heavy atom. The number of carboxylic acids is 1. The van der Waals surface area contributed by atoms with Crippen LogP contribution in [-0.4, -0.2) is 22.6 Å². The monoisotopic (exact) mass is 286 g/mol. The minimum absolute atomic E-state index is 0.165. The summed E-state index contributed by atoms with van der Waals surface area (Å²) >= 11 is 0. The predicted octanol–water partition coefficient (Wildman–Crippen LogP) is 3.07. The molecule has 0 aliphatic heterocycles. The maximum Gasteiger partial charge on any atom is 0.306 e. The van der Waals surface area contributed by atoms with Gasteiger partial charge in [-0.2, -0.15) is 0 Å². The Balaban J connectivity index is 1.64. The van der Waals surface area contributed by atoms with Crippen molar-refractivity contribution >= 4 is 16.9 Å². The van der Waals surface area contributed by atoms with Gasteiger partial charge in [-0.25, -0.2) is 0 Å². The molecule has 0 spiro atoms. The molecule has 4 heteroatoms. The number of hydrogen-bond donors (Lipinski definition) is 3. The summed E-state index contributed by atoms with van der Waals surface area (Å²) in [6, 6.07) is 8.30. The summed E-state index contributed by atoms with van der Waals surface area (Å²) in [4.78, 5) is 14.6. The number of para-hydroxylation sites is 1. The highest BCUT2D eigenvalue weighted by atomic mass is 16.4. The number of carbonyl (C=O) groups is 1. The fraction of sp³-hybridized carbons (Fsp3) is 0.471. The van der Waals surface area contributed by atoms with E-state index in [4.69, 9.17) is 0 Å². The van der Waals surface area contributed by atoms with Gasteiger partial charge < -0.3 is 15.4 Å². The van der Waals surface area contributed by atoms with Gasteiger partial charge in [-0.1, -0.05) is 24.6 Å². The van der Waals surface area contributed by atoms with Gasteiger partial charge >= 0.3 is 5.97 Å². The van der Waals surface area contributed by atoms with Gasteiger partial charge in [-0.3, -0.25) is 4.79 Å². The Bertz CT molecular complexity index is 647. The summed E-state index contributed by atoms with van der Waals surface area (Å²) in [5.74, 6) is -0.530. The fourth-order valence-electron chi connectivity index (χ4n) is 3.55. The van der Waals surface area contributed by atoms with Crippen molar-refractivity contribution < 1.29 is 9.90 Å². The van der Waals surface area contributed by atoms with E-state index in [0.717, 1.165) is 37.9 Å². The van der Waals surface area contributed by atoms with E-state index in [9.17, 15) is 9.90 Å². The van der Waals surface area contributed by atoms with Crippen molar-refractivity contribution in [2.24, 2.45) is 11.8 Å². The van der Waals surface area contributed by atoms with Crippen LogP contribution in [0.1, 0.15) is 30.5 Å². The second kappa shape index (κ2) is 5.90. The average molecular weight is 286 g/mol. The van der Waals surface area contributed by atoms with E-state index in [1.165, 1.54) is 16.6 Å². The molecule has 21 heavy (non-hydrogen) atoms. The molecule has 1 aromatic carbocycles. The minimum atomic E-state index is -0.637. The van der Waals surface area contributed by atoms with Gasteiger partial charge in [0.25, 0.3) is 0 Å². The number of benzene rings is 1. The standard InChI is InChI=1S/C17H22N2O2/c1-11-15(14-6-2-3-8-16(14)19-11)10-18-9-12-5-4-7-13(12)17(20)21/h2-3,6,8,12-13,18-19H,4-5,7,9-10H2,1H3,(H,20,21). The van der Waals surface area contributed by atoms with Crippen molar-refractivity contribution in [2.45, 2.75) is 32.7 Å². The summed E-state index contributed by atoms with van der Waals surface area (Å²) in [6.07, 6.45) is 2.89. The SMILES string of the molecule is Cc1[nH]c2ccccc2c1CNCC1CCCC1C(=O)O.